The van der Waals surface area contributed by atoms with E-state index in [-0.39, 0.29) is 36.0 Å². The van der Waals surface area contributed by atoms with Crippen molar-refractivity contribution in [3.8, 4) is 10.6 Å². The Hall–Kier alpha value is -3.30. The third-order valence-electron chi connectivity index (χ3n) is 9.49. The molecule has 3 fully saturated rings. The van der Waals surface area contributed by atoms with Gasteiger partial charge in [-0.05, 0) is 75.8 Å². The van der Waals surface area contributed by atoms with E-state index in [4.69, 9.17) is 9.97 Å². The second kappa shape index (κ2) is 11.7. The smallest absolute Gasteiger partial charge is 0.225 e. The zero-order valence-electron chi connectivity index (χ0n) is 25.4. The third kappa shape index (κ3) is 6.08. The molecule has 1 aromatic carbocycles. The first-order valence-electron chi connectivity index (χ1n) is 15.7. The summed E-state index contributed by atoms with van der Waals surface area (Å²) in [6.07, 6.45) is 6.01. The molecular weight excluding hydrogens is 632 g/mol. The van der Waals surface area contributed by atoms with Gasteiger partial charge in [-0.3, -0.25) is 4.98 Å². The first kappa shape index (κ1) is 31.3. The first-order valence-corrected chi connectivity index (χ1v) is 18.2. The maximum atomic E-state index is 13.4. The number of aliphatic hydroxyl groups excluding tert-OH is 1. The number of pyridine rings is 1. The van der Waals surface area contributed by atoms with Crippen LogP contribution in [0.25, 0.3) is 20.8 Å². The summed E-state index contributed by atoms with van der Waals surface area (Å²) < 4.78 is 40.6. The fraction of sp³-hybridized carbons (Fsp3) is 0.500. The number of aromatic nitrogens is 4. The number of nitrogens with zero attached hydrogens (tertiary/aromatic N) is 4. The van der Waals surface area contributed by atoms with Gasteiger partial charge in [0.25, 0.3) is 0 Å². The number of rotatable bonds is 10. The van der Waals surface area contributed by atoms with E-state index in [1.807, 2.05) is 13.0 Å². The molecule has 3 saturated carbocycles. The highest BCUT2D eigenvalue weighted by molar-refractivity contribution is 7.91. The van der Waals surface area contributed by atoms with Crippen LogP contribution >= 0.6 is 11.3 Å². The Balaban J connectivity index is 1.21. The van der Waals surface area contributed by atoms with E-state index < -0.39 is 44.8 Å². The molecule has 5 N–H and O–H groups in total. The zero-order valence-corrected chi connectivity index (χ0v) is 27.0. The fourth-order valence-electron chi connectivity index (χ4n) is 6.73. The largest absolute Gasteiger partial charge is 0.388 e. The predicted octanol–water partition coefficient (Wildman–Crippen LogP) is 4.54. The highest BCUT2D eigenvalue weighted by Gasteiger charge is 2.49. The number of fused-ring (bicyclic) bond motifs is 1. The Bertz CT molecular complexity index is 1880. The van der Waals surface area contributed by atoms with Crippen molar-refractivity contribution in [2.45, 2.75) is 86.5 Å². The lowest BCUT2D eigenvalue weighted by Crippen LogP contribution is -2.48. The Morgan fingerprint density at radius 1 is 1.02 bits per heavy atom. The minimum atomic E-state index is -3.86. The molecule has 3 heterocycles. The van der Waals surface area contributed by atoms with Gasteiger partial charge in [0.2, 0.25) is 5.95 Å². The summed E-state index contributed by atoms with van der Waals surface area (Å²) in [5.41, 5.74) is 0.154. The van der Waals surface area contributed by atoms with Crippen LogP contribution in [0.15, 0.2) is 41.4 Å². The predicted molar refractivity (Wildman–Crippen MR) is 173 cm³/mol. The van der Waals surface area contributed by atoms with E-state index in [9.17, 15) is 28.1 Å². The number of anilines is 2. The standard InChI is InChI=1S/C32H37FN6O5S2/c1-18-24(29-37-26-23(45-29)11-15-34-25(26)19-4-5-19)28(38-30(36-18)35-17-31(41)12-2-3-13-31)39-32(42)14-10-20(27(32)40)16-46(43,44)22-8-6-21(33)7-9-22/h6-9,11,15,19-20,27,40-42H,2-5,10,12-14,16-17H2,1H3,(H2,35,36,38,39). The van der Waals surface area contributed by atoms with E-state index in [0.29, 0.717) is 35.0 Å². The number of aryl methyl sites for hydroxylation is 1. The second-order valence-corrected chi connectivity index (χ2v) is 16.1. The lowest BCUT2D eigenvalue weighted by atomic mass is 10.0. The molecule has 4 aromatic rings. The number of benzene rings is 1. The van der Waals surface area contributed by atoms with Gasteiger partial charge in [-0.25, -0.2) is 22.8 Å². The van der Waals surface area contributed by atoms with Crippen LogP contribution in [0.3, 0.4) is 0 Å². The molecule has 0 radical (unpaired) electrons. The molecule has 0 bridgehead atoms. The minimum absolute atomic E-state index is 0.0475. The molecular formula is C32H37FN6O5S2. The molecule has 0 amide bonds. The van der Waals surface area contributed by atoms with E-state index in [2.05, 4.69) is 20.6 Å². The number of halogens is 1. The topological polar surface area (TPSA) is 170 Å². The molecule has 7 rings (SSSR count). The second-order valence-electron chi connectivity index (χ2n) is 13.0. The highest BCUT2D eigenvalue weighted by atomic mass is 32.2. The Morgan fingerprint density at radius 3 is 2.48 bits per heavy atom. The van der Waals surface area contributed by atoms with Crippen molar-refractivity contribution in [3.05, 3.63) is 53.7 Å². The van der Waals surface area contributed by atoms with Gasteiger partial charge in [-0.1, -0.05) is 12.8 Å². The quantitative estimate of drug-likeness (QED) is 0.119. The molecule has 3 aromatic heterocycles. The normalized spacial score (nSPS) is 24.5. The Labute approximate surface area is 270 Å². The number of hydrogen-bond acceptors (Lipinski definition) is 12. The molecule has 11 nitrogen and oxygen atoms in total. The summed E-state index contributed by atoms with van der Waals surface area (Å²) in [4.78, 5) is 18.9. The van der Waals surface area contributed by atoms with Crippen LogP contribution in [-0.2, 0) is 9.84 Å². The molecule has 3 aliphatic rings. The van der Waals surface area contributed by atoms with Crippen molar-refractivity contribution in [1.29, 1.82) is 0 Å². The molecule has 0 aliphatic heterocycles. The fourth-order valence-corrected chi connectivity index (χ4v) is 9.45. The van der Waals surface area contributed by atoms with Crippen LogP contribution in [0.2, 0.25) is 0 Å². The summed E-state index contributed by atoms with van der Waals surface area (Å²) >= 11 is 1.46. The summed E-state index contributed by atoms with van der Waals surface area (Å²) in [5.74, 6) is -0.885. The average Bonchev–Trinajstić information content (AvgIpc) is 3.53. The SMILES string of the molecule is Cc1nc(NCC2(O)CCCC2)nc(NC2(O)CCC(CS(=O)(=O)c3ccc(F)cc3)C2O)c1-c1nc2c(C3CC3)nccc2s1. The van der Waals surface area contributed by atoms with Crippen LogP contribution in [0.4, 0.5) is 16.2 Å². The van der Waals surface area contributed by atoms with Gasteiger partial charge in [0.15, 0.2) is 15.6 Å². The molecule has 14 heteroatoms. The van der Waals surface area contributed by atoms with Crippen LogP contribution in [0.1, 0.15) is 68.7 Å². The lowest BCUT2D eigenvalue weighted by molar-refractivity contribution is -0.0442. The van der Waals surface area contributed by atoms with Crippen LogP contribution < -0.4 is 10.6 Å². The molecule has 0 saturated heterocycles. The van der Waals surface area contributed by atoms with Crippen LogP contribution in [0, 0.1) is 18.7 Å². The van der Waals surface area contributed by atoms with Gasteiger partial charge in [0.05, 0.1) is 37.9 Å². The molecule has 244 valence electrons. The summed E-state index contributed by atoms with van der Waals surface area (Å²) in [5, 5.41) is 40.9. The van der Waals surface area contributed by atoms with E-state index in [0.717, 1.165) is 53.7 Å². The van der Waals surface area contributed by atoms with Gasteiger partial charge < -0.3 is 26.0 Å². The molecule has 3 unspecified atom stereocenters. The van der Waals surface area contributed by atoms with Crippen molar-refractivity contribution in [2.75, 3.05) is 22.9 Å². The average molecular weight is 669 g/mol. The zero-order chi connectivity index (χ0) is 32.3. The van der Waals surface area contributed by atoms with E-state index >= 15 is 0 Å². The number of sulfone groups is 1. The van der Waals surface area contributed by atoms with E-state index in [1.54, 1.807) is 6.20 Å². The summed E-state index contributed by atoms with van der Waals surface area (Å²) in [6, 6.07) is 6.48. The monoisotopic (exact) mass is 668 g/mol. The lowest BCUT2D eigenvalue weighted by Gasteiger charge is -2.31. The number of aliphatic hydroxyl groups is 3. The van der Waals surface area contributed by atoms with Gasteiger partial charge in [-0.15, -0.1) is 11.3 Å². The van der Waals surface area contributed by atoms with Gasteiger partial charge in [0, 0.05) is 24.6 Å². The van der Waals surface area contributed by atoms with Gasteiger partial charge in [0.1, 0.15) is 28.3 Å². The first-order chi connectivity index (χ1) is 21.9. The number of hydrogen-bond donors (Lipinski definition) is 5. The van der Waals surface area contributed by atoms with Crippen LogP contribution in [0.5, 0.6) is 0 Å². The van der Waals surface area contributed by atoms with Crippen molar-refractivity contribution >= 4 is 43.2 Å². The van der Waals surface area contributed by atoms with Crippen molar-refractivity contribution in [3.63, 3.8) is 0 Å². The molecule has 3 atom stereocenters. The Morgan fingerprint density at radius 2 is 1.76 bits per heavy atom. The van der Waals surface area contributed by atoms with Gasteiger partial charge >= 0.3 is 0 Å². The van der Waals surface area contributed by atoms with Crippen LogP contribution in [-0.4, -0.2) is 73.4 Å². The highest BCUT2D eigenvalue weighted by Crippen LogP contribution is 2.45. The molecule has 0 spiro atoms. The maximum absolute atomic E-state index is 13.4. The molecule has 3 aliphatic carbocycles. The van der Waals surface area contributed by atoms with Crippen molar-refractivity contribution < 1.29 is 28.1 Å². The number of nitrogens with one attached hydrogen (secondary N) is 2. The third-order valence-corrected chi connectivity index (χ3v) is 12.4. The maximum Gasteiger partial charge on any atom is 0.225 e. The minimum Gasteiger partial charge on any atom is -0.388 e. The number of thiazole rings is 1. The van der Waals surface area contributed by atoms with Gasteiger partial charge in [-0.2, -0.15) is 4.98 Å². The van der Waals surface area contributed by atoms with Crippen molar-refractivity contribution in [2.24, 2.45) is 5.92 Å². The van der Waals surface area contributed by atoms with E-state index in [1.165, 1.54) is 23.5 Å². The summed E-state index contributed by atoms with van der Waals surface area (Å²) in [7, 11) is -3.86. The van der Waals surface area contributed by atoms with Crippen molar-refractivity contribution in [1.82, 2.24) is 19.9 Å². The Kier molecular flexibility index (Phi) is 7.99. The molecule has 46 heavy (non-hydrogen) atoms. The summed E-state index contributed by atoms with van der Waals surface area (Å²) in [6.45, 7) is 2.08.